The Kier molecular flexibility index (Phi) is 1.55. The van der Waals surface area contributed by atoms with E-state index in [1.165, 1.54) is 12.1 Å². The lowest BCUT2D eigenvalue weighted by Crippen LogP contribution is -2.30. The first-order valence-corrected chi connectivity index (χ1v) is 7.79. The largest absolute Gasteiger partial charge is 0.375 e. The molecule has 0 amide bonds. The molecule has 0 radical (unpaired) electrons. The molecule has 0 saturated heterocycles. The van der Waals surface area contributed by atoms with Crippen molar-refractivity contribution in [1.82, 2.24) is 5.43 Å². The summed E-state index contributed by atoms with van der Waals surface area (Å²) in [5, 5.41) is 4.85. The third kappa shape index (κ3) is 0.820. The number of nitrogens with zero attached hydrogens (tertiary/aromatic N) is 1. The molecule has 17 heavy (non-hydrogen) atoms. The lowest BCUT2D eigenvalue weighted by molar-refractivity contribution is 0.132. The fourth-order valence-corrected chi connectivity index (χ4v) is 7.97. The lowest BCUT2D eigenvalue weighted by atomic mass is 9.71. The van der Waals surface area contributed by atoms with Crippen LogP contribution >= 0.6 is 28.1 Å². The first-order chi connectivity index (χ1) is 8.20. The Bertz CT molecular complexity index is 476. The Labute approximate surface area is 114 Å². The smallest absolute Gasteiger partial charge is 0.184 e. The van der Waals surface area contributed by atoms with Crippen LogP contribution in [0.1, 0.15) is 6.42 Å². The monoisotopic (exact) mass is 311 g/mol. The number of halogens is 1. The van der Waals surface area contributed by atoms with E-state index in [9.17, 15) is 0 Å². The van der Waals surface area contributed by atoms with Gasteiger partial charge in [-0.1, -0.05) is 15.9 Å². The third-order valence-corrected chi connectivity index (χ3v) is 7.65. The second-order valence-corrected chi connectivity index (χ2v) is 7.88. The highest BCUT2D eigenvalue weighted by molar-refractivity contribution is 9.09. The summed E-state index contributed by atoms with van der Waals surface area (Å²) in [5.74, 6) is 7.11. The SMILES string of the molecule is NC(=S)N/N=C1/[C@H]2[C@@H]3C[C@H]4[C@H]2[C@@H]2[C@H](Br)[C@@H]4[C@@H]3[C@@H]12. The molecule has 5 heteroatoms. The van der Waals surface area contributed by atoms with E-state index in [2.05, 4.69) is 26.5 Å². The van der Waals surface area contributed by atoms with Crippen LogP contribution in [0.3, 0.4) is 0 Å². The molecule has 6 saturated carbocycles. The molecular weight excluding hydrogens is 298 g/mol. The molecule has 0 aromatic rings. The second kappa shape index (κ2) is 2.72. The molecule has 3 N–H and O–H groups in total. The van der Waals surface area contributed by atoms with Crippen molar-refractivity contribution < 1.29 is 0 Å². The fraction of sp³-hybridized carbons (Fsp3) is 0.833. The summed E-state index contributed by atoms with van der Waals surface area (Å²) in [6.45, 7) is 0. The molecule has 0 spiro atoms. The minimum atomic E-state index is 0.297. The summed E-state index contributed by atoms with van der Waals surface area (Å²) < 4.78 is 0. The highest BCUT2D eigenvalue weighted by Crippen LogP contribution is 2.82. The molecule has 9 atom stereocenters. The minimum absolute atomic E-state index is 0.297. The number of thiocarbonyl (C=S) groups is 1. The van der Waals surface area contributed by atoms with Gasteiger partial charge in [0.1, 0.15) is 0 Å². The molecule has 6 aliphatic carbocycles. The van der Waals surface area contributed by atoms with Gasteiger partial charge in [-0.2, -0.15) is 5.10 Å². The zero-order valence-electron chi connectivity index (χ0n) is 9.21. The minimum Gasteiger partial charge on any atom is -0.375 e. The van der Waals surface area contributed by atoms with Gasteiger partial charge in [-0.05, 0) is 54.1 Å². The van der Waals surface area contributed by atoms with Crippen LogP contribution < -0.4 is 11.2 Å². The standard InChI is InChI=1S/C12H14BrN3S/c13-10-6-2-1-3-4(6)9-8(10)5(2)7(3)11(9)15-16-12(14)17/h2-10H,1H2,(H3,14,16,17)/b15-11-/t2-,3+,4+,5+,6-,7-,8-,9+,10+/m0/s1. The van der Waals surface area contributed by atoms with E-state index < -0.39 is 0 Å². The first-order valence-electron chi connectivity index (χ1n) is 6.47. The second-order valence-electron chi connectivity index (χ2n) is 6.38. The van der Waals surface area contributed by atoms with E-state index in [1.54, 1.807) is 0 Å². The van der Waals surface area contributed by atoms with Gasteiger partial charge in [0.05, 0.1) is 0 Å². The first kappa shape index (κ1) is 9.73. The van der Waals surface area contributed by atoms with Gasteiger partial charge in [0.2, 0.25) is 0 Å². The van der Waals surface area contributed by atoms with E-state index >= 15 is 0 Å². The molecule has 6 bridgehead atoms. The molecule has 0 unspecified atom stereocenters. The number of hydrogen-bond acceptors (Lipinski definition) is 2. The number of alkyl halides is 1. The van der Waals surface area contributed by atoms with Gasteiger partial charge >= 0.3 is 0 Å². The van der Waals surface area contributed by atoms with Crippen molar-refractivity contribution in [3.63, 3.8) is 0 Å². The van der Waals surface area contributed by atoms with Gasteiger partial charge in [0.15, 0.2) is 5.11 Å². The number of nitrogens with one attached hydrogen (secondary N) is 1. The maximum absolute atomic E-state index is 5.49. The van der Waals surface area contributed by atoms with Crippen LogP contribution in [0.4, 0.5) is 0 Å². The highest BCUT2D eigenvalue weighted by Gasteiger charge is 2.82. The van der Waals surface area contributed by atoms with Crippen LogP contribution in [0.25, 0.3) is 0 Å². The van der Waals surface area contributed by atoms with Crippen molar-refractivity contribution in [2.45, 2.75) is 11.2 Å². The predicted octanol–water partition coefficient (Wildman–Crippen LogP) is 1.33. The van der Waals surface area contributed by atoms with Gasteiger partial charge in [0.25, 0.3) is 0 Å². The number of nitrogens with two attached hydrogens (primary N) is 1. The van der Waals surface area contributed by atoms with E-state index in [-0.39, 0.29) is 0 Å². The molecule has 6 aliphatic rings. The zero-order chi connectivity index (χ0) is 11.5. The van der Waals surface area contributed by atoms with Crippen LogP contribution in [0.2, 0.25) is 0 Å². The zero-order valence-corrected chi connectivity index (χ0v) is 11.6. The average molecular weight is 312 g/mol. The maximum Gasteiger partial charge on any atom is 0.184 e. The van der Waals surface area contributed by atoms with Crippen LogP contribution in [-0.4, -0.2) is 15.7 Å². The summed E-state index contributed by atoms with van der Waals surface area (Å²) in [6, 6.07) is 0. The summed E-state index contributed by atoms with van der Waals surface area (Å²) in [5.41, 5.74) is 9.73. The topological polar surface area (TPSA) is 50.4 Å². The van der Waals surface area contributed by atoms with E-state index in [0.29, 0.717) is 5.11 Å². The van der Waals surface area contributed by atoms with Crippen LogP contribution in [0.15, 0.2) is 5.10 Å². The van der Waals surface area contributed by atoms with E-state index in [1.807, 2.05) is 0 Å². The average Bonchev–Trinajstić information content (AvgIpc) is 2.97. The molecule has 90 valence electrons. The third-order valence-electron chi connectivity index (χ3n) is 6.34. The molecule has 6 rings (SSSR count). The number of hydrazone groups is 1. The van der Waals surface area contributed by atoms with Crippen LogP contribution in [0, 0.1) is 47.3 Å². The Morgan fingerprint density at radius 1 is 1.24 bits per heavy atom. The van der Waals surface area contributed by atoms with Gasteiger partial charge in [-0.15, -0.1) is 0 Å². The maximum atomic E-state index is 5.49. The van der Waals surface area contributed by atoms with Crippen molar-refractivity contribution in [3.8, 4) is 0 Å². The fourth-order valence-electron chi connectivity index (χ4n) is 6.49. The molecule has 0 aromatic carbocycles. The lowest BCUT2D eigenvalue weighted by Gasteiger charge is -2.32. The summed E-state index contributed by atoms with van der Waals surface area (Å²) >= 11 is 8.82. The van der Waals surface area contributed by atoms with Crippen LogP contribution in [0.5, 0.6) is 0 Å². The number of hydrogen-bond donors (Lipinski definition) is 2. The Morgan fingerprint density at radius 3 is 2.71 bits per heavy atom. The van der Waals surface area contributed by atoms with Gasteiger partial charge < -0.3 is 5.73 Å². The number of rotatable bonds is 1. The predicted molar refractivity (Wildman–Crippen MR) is 72.6 cm³/mol. The van der Waals surface area contributed by atoms with Crippen molar-refractivity contribution in [1.29, 1.82) is 0 Å². The van der Waals surface area contributed by atoms with Crippen molar-refractivity contribution in [2.75, 3.05) is 0 Å². The summed E-state index contributed by atoms with van der Waals surface area (Å²) in [6.07, 6.45) is 1.46. The Morgan fingerprint density at radius 2 is 2.00 bits per heavy atom. The molecular formula is C12H14BrN3S. The van der Waals surface area contributed by atoms with Gasteiger partial charge in [0, 0.05) is 22.4 Å². The summed E-state index contributed by atoms with van der Waals surface area (Å²) in [7, 11) is 0. The van der Waals surface area contributed by atoms with Gasteiger partial charge in [-0.3, -0.25) is 5.43 Å². The van der Waals surface area contributed by atoms with Gasteiger partial charge in [-0.25, -0.2) is 0 Å². The van der Waals surface area contributed by atoms with E-state index in [4.69, 9.17) is 18.0 Å². The Balaban J connectivity index is 1.62. The summed E-state index contributed by atoms with van der Waals surface area (Å²) in [4.78, 5) is 0.764. The molecule has 3 nitrogen and oxygen atoms in total. The van der Waals surface area contributed by atoms with Crippen molar-refractivity contribution >= 4 is 39.0 Å². The van der Waals surface area contributed by atoms with E-state index in [0.717, 1.165) is 52.2 Å². The quantitative estimate of drug-likeness (QED) is 0.436. The van der Waals surface area contributed by atoms with Crippen molar-refractivity contribution in [2.24, 2.45) is 58.2 Å². The molecule has 0 aromatic heterocycles. The normalized spacial score (nSPS) is 65.7. The van der Waals surface area contributed by atoms with Crippen LogP contribution in [-0.2, 0) is 0 Å². The molecule has 6 fully saturated rings. The Hall–Kier alpha value is -0.160. The molecule has 0 aliphatic heterocycles. The van der Waals surface area contributed by atoms with Crippen molar-refractivity contribution in [3.05, 3.63) is 0 Å². The highest BCUT2D eigenvalue weighted by atomic mass is 79.9. The molecule has 0 heterocycles.